The van der Waals surface area contributed by atoms with Crippen LogP contribution in [0.1, 0.15) is 17.0 Å². The average Bonchev–Trinajstić information content (AvgIpc) is 2.98. The van der Waals surface area contributed by atoms with Gasteiger partial charge in [0, 0.05) is 55.9 Å². The number of carbonyl (C=O) groups is 2. The molecule has 8 nitrogen and oxygen atoms in total. The molecule has 30 heavy (non-hydrogen) atoms. The molecule has 0 spiro atoms. The zero-order valence-electron chi connectivity index (χ0n) is 18.0. The number of ether oxygens (including phenoxy) is 1. The third kappa shape index (κ3) is 5.27. The minimum atomic E-state index is -0.243. The van der Waals surface area contributed by atoms with Gasteiger partial charge in [-0.3, -0.25) is 14.3 Å². The second-order valence-corrected chi connectivity index (χ2v) is 7.43. The van der Waals surface area contributed by atoms with Crippen molar-refractivity contribution in [3.63, 3.8) is 0 Å². The van der Waals surface area contributed by atoms with Crippen LogP contribution in [0.5, 0.6) is 0 Å². The number of amides is 2. The summed E-state index contributed by atoms with van der Waals surface area (Å²) in [5, 5.41) is 7.17. The van der Waals surface area contributed by atoms with Crippen LogP contribution in [0.4, 0.5) is 11.4 Å². The molecule has 2 aromatic rings. The summed E-state index contributed by atoms with van der Waals surface area (Å²) in [7, 11) is 3.47. The molecule has 2 heterocycles. The Morgan fingerprint density at radius 3 is 2.47 bits per heavy atom. The van der Waals surface area contributed by atoms with Gasteiger partial charge in [-0.1, -0.05) is 0 Å². The number of carbonyl (C=O) groups excluding carboxylic acids is 2. The van der Waals surface area contributed by atoms with Gasteiger partial charge in [0.15, 0.2) is 0 Å². The number of hydrogen-bond donors (Lipinski definition) is 1. The van der Waals surface area contributed by atoms with E-state index in [1.165, 1.54) is 11.0 Å². The molecule has 0 bridgehead atoms. The number of rotatable bonds is 6. The molecule has 1 aromatic heterocycles. The number of likely N-dealkylation sites (N-methyl/N-ethyl adjacent to an activating group) is 1. The Kier molecular flexibility index (Phi) is 6.89. The van der Waals surface area contributed by atoms with E-state index in [9.17, 15) is 9.59 Å². The van der Waals surface area contributed by atoms with Crippen molar-refractivity contribution in [3.05, 3.63) is 47.3 Å². The molecular weight excluding hydrogens is 382 g/mol. The predicted molar refractivity (Wildman–Crippen MR) is 117 cm³/mol. The summed E-state index contributed by atoms with van der Waals surface area (Å²) in [5.41, 5.74) is 4.58. The maximum Gasteiger partial charge on any atom is 0.246 e. The number of nitrogens with zero attached hydrogens (tertiary/aromatic N) is 4. The normalized spacial score (nSPS) is 14.2. The first kappa shape index (κ1) is 21.6. The van der Waals surface area contributed by atoms with Crippen LogP contribution in [0.15, 0.2) is 30.3 Å². The number of nitrogens with one attached hydrogen (secondary N) is 1. The van der Waals surface area contributed by atoms with Crippen LogP contribution < -0.4 is 10.2 Å². The highest BCUT2D eigenvalue weighted by Crippen LogP contribution is 2.19. The second kappa shape index (κ2) is 9.58. The Morgan fingerprint density at radius 1 is 1.20 bits per heavy atom. The van der Waals surface area contributed by atoms with E-state index in [-0.39, 0.29) is 18.4 Å². The summed E-state index contributed by atoms with van der Waals surface area (Å²) >= 11 is 0. The van der Waals surface area contributed by atoms with Crippen molar-refractivity contribution in [3.8, 4) is 0 Å². The fraction of sp³-hybridized carbons (Fsp3) is 0.409. The first-order valence-electron chi connectivity index (χ1n) is 10.0. The van der Waals surface area contributed by atoms with Crippen molar-refractivity contribution < 1.29 is 14.3 Å². The zero-order valence-corrected chi connectivity index (χ0v) is 18.0. The minimum Gasteiger partial charge on any atom is -0.378 e. The molecule has 0 atom stereocenters. The largest absolute Gasteiger partial charge is 0.378 e. The van der Waals surface area contributed by atoms with E-state index >= 15 is 0 Å². The molecule has 1 aliphatic heterocycles. The van der Waals surface area contributed by atoms with Crippen molar-refractivity contribution >= 4 is 29.3 Å². The van der Waals surface area contributed by atoms with Crippen LogP contribution in [0.3, 0.4) is 0 Å². The summed E-state index contributed by atoms with van der Waals surface area (Å²) in [5.74, 6) is -0.484. The SMILES string of the molecule is Cc1nn(C)c(C)c1/C=C/C(=O)N(C)CC(=O)Nc1ccc(N2CCOCC2)cc1. The Morgan fingerprint density at radius 2 is 1.87 bits per heavy atom. The molecule has 0 saturated carbocycles. The molecule has 0 radical (unpaired) electrons. The molecule has 1 aliphatic rings. The van der Waals surface area contributed by atoms with Crippen molar-refractivity contribution in [1.82, 2.24) is 14.7 Å². The summed E-state index contributed by atoms with van der Waals surface area (Å²) in [6.07, 6.45) is 3.22. The smallest absolute Gasteiger partial charge is 0.246 e. The number of morpholine rings is 1. The van der Waals surface area contributed by atoms with Gasteiger partial charge in [0.2, 0.25) is 11.8 Å². The fourth-order valence-electron chi connectivity index (χ4n) is 3.38. The molecule has 1 saturated heterocycles. The molecular formula is C22H29N5O3. The molecule has 1 fully saturated rings. The van der Waals surface area contributed by atoms with E-state index in [4.69, 9.17) is 4.74 Å². The summed E-state index contributed by atoms with van der Waals surface area (Å²) < 4.78 is 7.15. The van der Waals surface area contributed by atoms with E-state index in [0.717, 1.165) is 48.9 Å². The van der Waals surface area contributed by atoms with Crippen molar-refractivity contribution in [2.75, 3.05) is 50.1 Å². The average molecular weight is 412 g/mol. The van der Waals surface area contributed by atoms with E-state index < -0.39 is 0 Å². The van der Waals surface area contributed by atoms with Crippen LogP contribution in [0.25, 0.3) is 6.08 Å². The maximum atomic E-state index is 12.4. The Labute approximate surface area is 177 Å². The Bertz CT molecular complexity index is 927. The van der Waals surface area contributed by atoms with Crippen molar-refractivity contribution in [2.45, 2.75) is 13.8 Å². The highest BCUT2D eigenvalue weighted by Gasteiger charge is 2.14. The predicted octanol–water partition coefficient (Wildman–Crippen LogP) is 1.98. The molecule has 0 unspecified atom stereocenters. The number of anilines is 2. The number of hydrogen-bond acceptors (Lipinski definition) is 5. The van der Waals surface area contributed by atoms with Crippen molar-refractivity contribution in [2.24, 2.45) is 7.05 Å². The molecule has 0 aliphatic carbocycles. The van der Waals surface area contributed by atoms with Crippen LogP contribution in [0, 0.1) is 13.8 Å². The topological polar surface area (TPSA) is 79.7 Å². The van der Waals surface area contributed by atoms with Gasteiger partial charge in [-0.15, -0.1) is 0 Å². The maximum absolute atomic E-state index is 12.4. The van der Waals surface area contributed by atoms with Gasteiger partial charge >= 0.3 is 0 Å². The molecule has 1 N–H and O–H groups in total. The molecule has 160 valence electrons. The van der Waals surface area contributed by atoms with E-state index in [0.29, 0.717) is 5.69 Å². The number of benzene rings is 1. The third-order valence-electron chi connectivity index (χ3n) is 5.24. The Balaban J connectivity index is 1.52. The lowest BCUT2D eigenvalue weighted by Crippen LogP contribution is -2.36. The van der Waals surface area contributed by atoms with Gasteiger partial charge in [0.25, 0.3) is 0 Å². The summed E-state index contributed by atoms with van der Waals surface area (Å²) in [4.78, 5) is 28.3. The van der Waals surface area contributed by atoms with E-state index in [1.807, 2.05) is 45.2 Å². The summed E-state index contributed by atoms with van der Waals surface area (Å²) in [6.45, 7) is 7.01. The Hall–Kier alpha value is -3.13. The van der Waals surface area contributed by atoms with Gasteiger partial charge < -0.3 is 19.9 Å². The molecule has 1 aromatic carbocycles. The highest BCUT2D eigenvalue weighted by molar-refractivity contribution is 5.98. The van der Waals surface area contributed by atoms with Crippen LogP contribution in [0.2, 0.25) is 0 Å². The van der Waals surface area contributed by atoms with E-state index in [2.05, 4.69) is 15.3 Å². The monoisotopic (exact) mass is 411 g/mol. The van der Waals surface area contributed by atoms with Gasteiger partial charge in [0.1, 0.15) is 0 Å². The van der Waals surface area contributed by atoms with Gasteiger partial charge in [-0.05, 0) is 44.2 Å². The third-order valence-corrected chi connectivity index (χ3v) is 5.24. The summed E-state index contributed by atoms with van der Waals surface area (Å²) in [6, 6.07) is 7.71. The lowest BCUT2D eigenvalue weighted by Gasteiger charge is -2.28. The number of aryl methyl sites for hydroxylation is 2. The second-order valence-electron chi connectivity index (χ2n) is 7.43. The standard InChI is InChI=1S/C22H29N5O3/c1-16-20(17(2)26(4)24-16)9-10-22(29)25(3)15-21(28)23-18-5-7-19(8-6-18)27-11-13-30-14-12-27/h5-10H,11-15H2,1-4H3,(H,23,28)/b10-9+. The van der Waals surface area contributed by atoms with Gasteiger partial charge in [-0.2, -0.15) is 5.10 Å². The van der Waals surface area contributed by atoms with Crippen molar-refractivity contribution in [1.29, 1.82) is 0 Å². The zero-order chi connectivity index (χ0) is 21.7. The lowest BCUT2D eigenvalue weighted by molar-refractivity contribution is -0.129. The van der Waals surface area contributed by atoms with Crippen LogP contribution >= 0.6 is 0 Å². The first-order chi connectivity index (χ1) is 14.3. The fourth-order valence-corrected chi connectivity index (χ4v) is 3.38. The lowest BCUT2D eigenvalue weighted by atomic mass is 10.2. The molecule has 2 amide bonds. The quantitative estimate of drug-likeness (QED) is 0.736. The van der Waals surface area contributed by atoms with E-state index in [1.54, 1.807) is 17.8 Å². The highest BCUT2D eigenvalue weighted by atomic mass is 16.5. The van der Waals surface area contributed by atoms with Crippen LogP contribution in [-0.2, 0) is 21.4 Å². The van der Waals surface area contributed by atoms with Gasteiger partial charge in [-0.25, -0.2) is 0 Å². The number of aromatic nitrogens is 2. The molecule has 3 rings (SSSR count). The van der Waals surface area contributed by atoms with Gasteiger partial charge in [0.05, 0.1) is 25.5 Å². The molecule has 8 heteroatoms. The minimum absolute atomic E-state index is 0.0284. The first-order valence-corrected chi connectivity index (χ1v) is 10.0. The van der Waals surface area contributed by atoms with Crippen LogP contribution in [-0.4, -0.2) is 66.4 Å².